The highest BCUT2D eigenvalue weighted by Gasteiger charge is 2.16. The Bertz CT molecular complexity index is 360. The van der Waals surface area contributed by atoms with E-state index < -0.39 is 0 Å². The fourth-order valence-electron chi connectivity index (χ4n) is 1.65. The largest absolute Gasteiger partial charge is 0.394 e. The molecule has 1 aromatic rings. The molecule has 1 aromatic heterocycles. The van der Waals surface area contributed by atoms with Crippen molar-refractivity contribution in [1.82, 2.24) is 9.78 Å². The Kier molecular flexibility index (Phi) is 4.81. The van der Waals surface area contributed by atoms with Crippen molar-refractivity contribution in [2.45, 2.75) is 46.7 Å². The maximum atomic E-state index is 6.03. The molecule has 0 fully saturated rings. The second-order valence-corrected chi connectivity index (χ2v) is 4.59. The predicted octanol–water partition coefficient (Wildman–Crippen LogP) is 2.19. The summed E-state index contributed by atoms with van der Waals surface area (Å²) in [5.74, 6) is 0.893. The van der Waals surface area contributed by atoms with Crippen LogP contribution in [0.1, 0.15) is 39.4 Å². The highest BCUT2D eigenvalue weighted by Crippen LogP contribution is 2.26. The Morgan fingerprint density at radius 3 is 2.59 bits per heavy atom. The van der Waals surface area contributed by atoms with Crippen LogP contribution in [-0.2, 0) is 4.74 Å². The maximum absolute atomic E-state index is 6.03. The number of rotatable bonds is 6. The molecule has 0 aliphatic carbocycles. The maximum Gasteiger partial charge on any atom is 0.148 e. The van der Waals surface area contributed by atoms with Crippen molar-refractivity contribution in [3.05, 3.63) is 5.69 Å². The van der Waals surface area contributed by atoms with Crippen LogP contribution < -0.4 is 11.1 Å². The number of nitrogens with one attached hydrogen (secondary N) is 1. The van der Waals surface area contributed by atoms with Crippen molar-refractivity contribution in [1.29, 1.82) is 0 Å². The Hall–Kier alpha value is -1.23. The van der Waals surface area contributed by atoms with E-state index >= 15 is 0 Å². The van der Waals surface area contributed by atoms with Crippen molar-refractivity contribution in [3.63, 3.8) is 0 Å². The zero-order valence-corrected chi connectivity index (χ0v) is 11.4. The van der Waals surface area contributed by atoms with Crippen LogP contribution >= 0.6 is 0 Å². The standard InChI is InChI=1S/C12H24N4O/c1-6-17-7-9(4)14-12-11(13)10(5)15-16(12)8(2)3/h8-9,14H,6-7,13H2,1-5H3. The molecule has 17 heavy (non-hydrogen) atoms. The number of hydrogen-bond donors (Lipinski definition) is 2. The van der Waals surface area contributed by atoms with E-state index in [0.29, 0.717) is 6.61 Å². The SMILES string of the molecule is CCOCC(C)Nc1c(N)c(C)nn1C(C)C. The van der Waals surface area contributed by atoms with E-state index in [1.165, 1.54) is 0 Å². The highest BCUT2D eigenvalue weighted by molar-refractivity contribution is 5.65. The number of anilines is 2. The van der Waals surface area contributed by atoms with Gasteiger partial charge in [-0.2, -0.15) is 5.10 Å². The lowest BCUT2D eigenvalue weighted by Gasteiger charge is -2.18. The molecule has 0 saturated carbocycles. The highest BCUT2D eigenvalue weighted by atomic mass is 16.5. The molecule has 3 N–H and O–H groups in total. The number of ether oxygens (including phenoxy) is 1. The molecule has 0 aliphatic rings. The molecule has 1 unspecified atom stereocenters. The number of nitrogens with two attached hydrogens (primary N) is 1. The first-order valence-corrected chi connectivity index (χ1v) is 6.16. The lowest BCUT2D eigenvalue weighted by atomic mass is 10.3. The minimum Gasteiger partial charge on any atom is -0.394 e. The third-order valence-corrected chi connectivity index (χ3v) is 2.58. The molecule has 0 radical (unpaired) electrons. The summed E-state index contributed by atoms with van der Waals surface area (Å²) in [5.41, 5.74) is 7.62. The van der Waals surface area contributed by atoms with Gasteiger partial charge in [-0.05, 0) is 34.6 Å². The zero-order chi connectivity index (χ0) is 13.0. The van der Waals surface area contributed by atoms with Crippen LogP contribution in [0.15, 0.2) is 0 Å². The Labute approximate surface area is 103 Å². The summed E-state index contributed by atoms with van der Waals surface area (Å²) < 4.78 is 7.31. The average molecular weight is 240 g/mol. The first kappa shape index (κ1) is 13.8. The molecule has 0 aromatic carbocycles. The number of nitrogen functional groups attached to an aromatic ring is 1. The molecule has 1 rings (SSSR count). The number of hydrogen-bond acceptors (Lipinski definition) is 4. The summed E-state index contributed by atoms with van der Waals surface area (Å²) in [6.07, 6.45) is 0. The van der Waals surface area contributed by atoms with Gasteiger partial charge in [-0.25, -0.2) is 4.68 Å². The summed E-state index contributed by atoms with van der Waals surface area (Å²) in [4.78, 5) is 0. The first-order valence-electron chi connectivity index (χ1n) is 6.16. The van der Waals surface area contributed by atoms with Crippen LogP contribution in [0.25, 0.3) is 0 Å². The minimum absolute atomic E-state index is 0.214. The van der Waals surface area contributed by atoms with Gasteiger partial charge in [0.1, 0.15) is 5.82 Å². The molecule has 0 spiro atoms. The average Bonchev–Trinajstić information content (AvgIpc) is 2.54. The smallest absolute Gasteiger partial charge is 0.148 e. The Morgan fingerprint density at radius 2 is 2.06 bits per heavy atom. The summed E-state index contributed by atoms with van der Waals surface area (Å²) in [7, 11) is 0. The Balaban J connectivity index is 2.81. The zero-order valence-electron chi connectivity index (χ0n) is 11.4. The van der Waals surface area contributed by atoms with E-state index in [1.807, 2.05) is 18.5 Å². The van der Waals surface area contributed by atoms with Crippen molar-refractivity contribution in [3.8, 4) is 0 Å². The molecule has 0 saturated heterocycles. The van der Waals surface area contributed by atoms with E-state index in [9.17, 15) is 0 Å². The number of aromatic nitrogens is 2. The van der Waals surface area contributed by atoms with Crippen LogP contribution in [0.5, 0.6) is 0 Å². The molecule has 0 bridgehead atoms. The van der Waals surface area contributed by atoms with Crippen LogP contribution in [0, 0.1) is 6.92 Å². The van der Waals surface area contributed by atoms with Gasteiger partial charge in [0.2, 0.25) is 0 Å². The van der Waals surface area contributed by atoms with Crippen molar-refractivity contribution in [2.24, 2.45) is 0 Å². The van der Waals surface area contributed by atoms with Gasteiger partial charge >= 0.3 is 0 Å². The van der Waals surface area contributed by atoms with Gasteiger partial charge in [0.05, 0.1) is 18.0 Å². The normalized spacial score (nSPS) is 13.1. The fraction of sp³-hybridized carbons (Fsp3) is 0.750. The molecule has 5 nitrogen and oxygen atoms in total. The number of nitrogens with zero attached hydrogens (tertiary/aromatic N) is 2. The van der Waals surface area contributed by atoms with Gasteiger partial charge in [0, 0.05) is 18.7 Å². The summed E-state index contributed by atoms with van der Waals surface area (Å²) in [5, 5.41) is 7.80. The lowest BCUT2D eigenvalue weighted by Crippen LogP contribution is -2.24. The predicted molar refractivity (Wildman–Crippen MR) is 71.3 cm³/mol. The second kappa shape index (κ2) is 5.91. The van der Waals surface area contributed by atoms with Crippen LogP contribution in [0.2, 0.25) is 0 Å². The molecular weight excluding hydrogens is 216 g/mol. The Morgan fingerprint density at radius 1 is 1.41 bits per heavy atom. The molecule has 1 heterocycles. The van der Waals surface area contributed by atoms with Crippen molar-refractivity contribution in [2.75, 3.05) is 24.3 Å². The first-order chi connectivity index (χ1) is 7.97. The van der Waals surface area contributed by atoms with Gasteiger partial charge < -0.3 is 15.8 Å². The van der Waals surface area contributed by atoms with Crippen LogP contribution in [-0.4, -0.2) is 29.0 Å². The van der Waals surface area contributed by atoms with Crippen LogP contribution in [0.3, 0.4) is 0 Å². The van der Waals surface area contributed by atoms with E-state index in [-0.39, 0.29) is 12.1 Å². The molecule has 1 atom stereocenters. The van der Waals surface area contributed by atoms with Gasteiger partial charge in [-0.1, -0.05) is 0 Å². The number of aryl methyl sites for hydroxylation is 1. The van der Waals surface area contributed by atoms with E-state index in [1.54, 1.807) is 0 Å². The molecule has 0 amide bonds. The van der Waals surface area contributed by atoms with Gasteiger partial charge in [0.25, 0.3) is 0 Å². The minimum atomic E-state index is 0.214. The van der Waals surface area contributed by atoms with Gasteiger partial charge in [-0.15, -0.1) is 0 Å². The van der Waals surface area contributed by atoms with Crippen molar-refractivity contribution < 1.29 is 4.74 Å². The summed E-state index contributed by atoms with van der Waals surface area (Å²) >= 11 is 0. The molecule has 0 aliphatic heterocycles. The second-order valence-electron chi connectivity index (χ2n) is 4.59. The summed E-state index contributed by atoms with van der Waals surface area (Å²) in [6.45, 7) is 11.6. The van der Waals surface area contributed by atoms with Gasteiger partial charge in [-0.3, -0.25) is 0 Å². The van der Waals surface area contributed by atoms with Crippen molar-refractivity contribution >= 4 is 11.5 Å². The monoisotopic (exact) mass is 240 g/mol. The quantitative estimate of drug-likeness (QED) is 0.800. The third-order valence-electron chi connectivity index (χ3n) is 2.58. The van der Waals surface area contributed by atoms with E-state index in [2.05, 4.69) is 31.2 Å². The van der Waals surface area contributed by atoms with E-state index in [0.717, 1.165) is 23.8 Å². The molecule has 5 heteroatoms. The molecular formula is C12H24N4O. The lowest BCUT2D eigenvalue weighted by molar-refractivity contribution is 0.141. The topological polar surface area (TPSA) is 65.1 Å². The van der Waals surface area contributed by atoms with Crippen LogP contribution in [0.4, 0.5) is 11.5 Å². The third kappa shape index (κ3) is 3.36. The summed E-state index contributed by atoms with van der Waals surface area (Å²) in [6, 6.07) is 0.499. The molecule has 98 valence electrons. The fourth-order valence-corrected chi connectivity index (χ4v) is 1.65. The van der Waals surface area contributed by atoms with Gasteiger partial charge in [0.15, 0.2) is 0 Å². The van der Waals surface area contributed by atoms with E-state index in [4.69, 9.17) is 10.5 Å².